The Hall–Kier alpha value is -2.92. The summed E-state index contributed by atoms with van der Waals surface area (Å²) in [7, 11) is 0. The normalized spacial score (nSPS) is 12.1. The summed E-state index contributed by atoms with van der Waals surface area (Å²) in [5.74, 6) is 1.13. The van der Waals surface area contributed by atoms with E-state index in [0.717, 1.165) is 28.6 Å². The van der Waals surface area contributed by atoms with E-state index < -0.39 is 0 Å². The van der Waals surface area contributed by atoms with Crippen molar-refractivity contribution in [3.05, 3.63) is 93.2 Å². The van der Waals surface area contributed by atoms with Gasteiger partial charge >= 0.3 is 0 Å². The minimum atomic E-state index is -0.162. The van der Waals surface area contributed by atoms with Gasteiger partial charge in [0, 0.05) is 16.4 Å². The highest BCUT2D eigenvalue weighted by molar-refractivity contribution is 9.10. The van der Waals surface area contributed by atoms with Gasteiger partial charge in [0.05, 0.1) is 5.39 Å². The molecule has 5 heteroatoms. The number of rotatable bonds is 6. The van der Waals surface area contributed by atoms with Crippen molar-refractivity contribution in [1.82, 2.24) is 10.2 Å². The second-order valence-corrected chi connectivity index (χ2v) is 8.02. The third-order valence-electron chi connectivity index (χ3n) is 5.23. The molecule has 4 nitrogen and oxygen atoms in total. The first-order valence-electron chi connectivity index (χ1n) is 9.69. The van der Waals surface area contributed by atoms with E-state index in [2.05, 4.69) is 80.8 Å². The predicted molar refractivity (Wildman–Crippen MR) is 123 cm³/mol. The van der Waals surface area contributed by atoms with Crippen molar-refractivity contribution in [1.29, 1.82) is 0 Å². The molecule has 1 heterocycles. The molecule has 2 N–H and O–H groups in total. The van der Waals surface area contributed by atoms with Gasteiger partial charge in [-0.05, 0) is 41.2 Å². The SMILES string of the molecule is CC(CCNc1n[nH]c(=O)c2ccccc12)c1ccc(-c2ccccc2Br)cc1. The van der Waals surface area contributed by atoms with Crippen molar-refractivity contribution in [3.63, 3.8) is 0 Å². The fraction of sp³-hybridized carbons (Fsp3) is 0.167. The highest BCUT2D eigenvalue weighted by Gasteiger charge is 2.09. The number of halogens is 1. The van der Waals surface area contributed by atoms with Crippen LogP contribution in [0.1, 0.15) is 24.8 Å². The molecule has 1 aromatic heterocycles. The number of aromatic amines is 1. The number of fused-ring (bicyclic) bond motifs is 1. The van der Waals surface area contributed by atoms with Gasteiger partial charge in [0.2, 0.25) is 0 Å². The van der Waals surface area contributed by atoms with Crippen molar-refractivity contribution in [2.75, 3.05) is 11.9 Å². The van der Waals surface area contributed by atoms with Crippen LogP contribution in [-0.4, -0.2) is 16.7 Å². The van der Waals surface area contributed by atoms with Gasteiger partial charge in [-0.2, -0.15) is 5.10 Å². The van der Waals surface area contributed by atoms with Crippen LogP contribution >= 0.6 is 15.9 Å². The van der Waals surface area contributed by atoms with E-state index in [1.807, 2.05) is 30.3 Å². The first-order chi connectivity index (χ1) is 14.1. The monoisotopic (exact) mass is 447 g/mol. The Balaban J connectivity index is 1.42. The molecule has 1 unspecified atom stereocenters. The van der Waals surface area contributed by atoms with Crippen molar-refractivity contribution in [2.24, 2.45) is 0 Å². The molecule has 0 spiro atoms. The minimum absolute atomic E-state index is 0.162. The van der Waals surface area contributed by atoms with E-state index in [1.165, 1.54) is 16.7 Å². The summed E-state index contributed by atoms with van der Waals surface area (Å²) >= 11 is 3.62. The van der Waals surface area contributed by atoms with Gasteiger partial charge in [0.1, 0.15) is 0 Å². The molecule has 0 fully saturated rings. The summed E-state index contributed by atoms with van der Waals surface area (Å²) in [6.07, 6.45) is 0.962. The van der Waals surface area contributed by atoms with Gasteiger partial charge in [-0.15, -0.1) is 0 Å². The molecule has 1 atom stereocenters. The zero-order valence-electron chi connectivity index (χ0n) is 16.2. The molecule has 0 bridgehead atoms. The molecule has 0 amide bonds. The van der Waals surface area contributed by atoms with E-state index >= 15 is 0 Å². The molecule has 0 radical (unpaired) electrons. The standard InChI is InChI=1S/C24H22BrN3O/c1-16(17-10-12-18(13-11-17)19-6-4-5-9-22(19)25)14-15-26-23-20-7-2-3-8-21(20)24(29)28-27-23/h2-13,16H,14-15H2,1H3,(H,26,27)(H,28,29). The molecule has 0 saturated carbocycles. The van der Waals surface area contributed by atoms with E-state index in [9.17, 15) is 4.79 Å². The Morgan fingerprint density at radius 2 is 1.66 bits per heavy atom. The molecule has 29 heavy (non-hydrogen) atoms. The van der Waals surface area contributed by atoms with E-state index in [0.29, 0.717) is 11.3 Å². The number of hydrogen-bond donors (Lipinski definition) is 2. The lowest BCUT2D eigenvalue weighted by Gasteiger charge is -2.14. The average Bonchev–Trinajstić information content (AvgIpc) is 2.76. The van der Waals surface area contributed by atoms with E-state index in [-0.39, 0.29) is 5.56 Å². The number of nitrogens with one attached hydrogen (secondary N) is 2. The van der Waals surface area contributed by atoms with Crippen molar-refractivity contribution >= 4 is 32.5 Å². The van der Waals surface area contributed by atoms with Crippen molar-refractivity contribution < 1.29 is 0 Å². The maximum absolute atomic E-state index is 11.9. The molecule has 4 rings (SSSR count). The Labute approximate surface area is 178 Å². The zero-order chi connectivity index (χ0) is 20.2. The maximum atomic E-state index is 11.9. The zero-order valence-corrected chi connectivity index (χ0v) is 17.7. The maximum Gasteiger partial charge on any atom is 0.272 e. The second-order valence-electron chi connectivity index (χ2n) is 7.17. The number of anilines is 1. The van der Waals surface area contributed by atoms with Gasteiger partial charge < -0.3 is 5.32 Å². The third kappa shape index (κ3) is 4.25. The first kappa shape index (κ1) is 19.4. The minimum Gasteiger partial charge on any atom is -0.368 e. The Kier molecular flexibility index (Phi) is 5.76. The second kappa shape index (κ2) is 8.62. The molecular weight excluding hydrogens is 426 g/mol. The summed E-state index contributed by atoms with van der Waals surface area (Å²) in [5.41, 5.74) is 3.55. The Morgan fingerprint density at radius 3 is 2.41 bits per heavy atom. The van der Waals surface area contributed by atoms with Crippen molar-refractivity contribution in [3.8, 4) is 11.1 Å². The molecule has 0 saturated heterocycles. The van der Waals surface area contributed by atoms with Crippen LogP contribution in [0.5, 0.6) is 0 Å². The highest BCUT2D eigenvalue weighted by Crippen LogP contribution is 2.29. The number of H-pyrrole nitrogens is 1. The lowest BCUT2D eigenvalue weighted by atomic mass is 9.95. The van der Waals surface area contributed by atoms with Crippen LogP contribution in [0, 0.1) is 0 Å². The molecule has 3 aromatic carbocycles. The molecule has 0 aliphatic heterocycles. The topological polar surface area (TPSA) is 57.8 Å². The van der Waals surface area contributed by atoms with Gasteiger partial charge in [-0.1, -0.05) is 83.5 Å². The smallest absolute Gasteiger partial charge is 0.272 e. The van der Waals surface area contributed by atoms with Crippen LogP contribution in [0.15, 0.2) is 82.1 Å². The third-order valence-corrected chi connectivity index (χ3v) is 5.92. The van der Waals surface area contributed by atoms with E-state index in [1.54, 1.807) is 0 Å². The summed E-state index contributed by atoms with van der Waals surface area (Å²) in [5, 5.41) is 11.6. The summed E-state index contributed by atoms with van der Waals surface area (Å²) in [6.45, 7) is 3.00. The van der Waals surface area contributed by atoms with Crippen LogP contribution in [0.3, 0.4) is 0 Å². The van der Waals surface area contributed by atoms with Crippen LogP contribution < -0.4 is 10.9 Å². The van der Waals surface area contributed by atoms with Gasteiger partial charge in [0.25, 0.3) is 5.56 Å². The first-order valence-corrected chi connectivity index (χ1v) is 10.5. The lowest BCUT2D eigenvalue weighted by Crippen LogP contribution is -2.13. The summed E-state index contributed by atoms with van der Waals surface area (Å²) < 4.78 is 1.10. The van der Waals surface area contributed by atoms with Crippen LogP contribution in [0.25, 0.3) is 21.9 Å². The molecular formula is C24H22BrN3O. The molecule has 146 valence electrons. The average molecular weight is 448 g/mol. The van der Waals surface area contributed by atoms with Gasteiger partial charge in [-0.25, -0.2) is 5.10 Å². The van der Waals surface area contributed by atoms with Crippen LogP contribution in [-0.2, 0) is 0 Å². The van der Waals surface area contributed by atoms with Crippen LogP contribution in [0.2, 0.25) is 0 Å². The Morgan fingerprint density at radius 1 is 0.966 bits per heavy atom. The highest BCUT2D eigenvalue weighted by atomic mass is 79.9. The van der Waals surface area contributed by atoms with E-state index in [4.69, 9.17) is 0 Å². The summed E-state index contributed by atoms with van der Waals surface area (Å²) in [4.78, 5) is 11.9. The summed E-state index contributed by atoms with van der Waals surface area (Å²) in [6, 6.07) is 24.5. The lowest BCUT2D eigenvalue weighted by molar-refractivity contribution is 0.704. The number of nitrogens with zero attached hydrogens (tertiary/aromatic N) is 1. The molecule has 0 aliphatic carbocycles. The van der Waals surface area contributed by atoms with Crippen molar-refractivity contribution in [2.45, 2.75) is 19.3 Å². The van der Waals surface area contributed by atoms with Crippen LogP contribution in [0.4, 0.5) is 5.82 Å². The molecule has 0 aliphatic rings. The largest absolute Gasteiger partial charge is 0.368 e. The van der Waals surface area contributed by atoms with Gasteiger partial charge in [0.15, 0.2) is 5.82 Å². The fourth-order valence-electron chi connectivity index (χ4n) is 3.51. The fourth-order valence-corrected chi connectivity index (χ4v) is 4.02. The van der Waals surface area contributed by atoms with Gasteiger partial charge in [-0.3, -0.25) is 4.79 Å². The predicted octanol–water partition coefficient (Wildman–Crippen LogP) is 5.96. The number of aromatic nitrogens is 2. The quantitative estimate of drug-likeness (QED) is 0.383. The number of hydrogen-bond acceptors (Lipinski definition) is 3. The molecule has 4 aromatic rings. The Bertz CT molecular complexity index is 1180. The number of benzene rings is 3.